The number of phenols is 1. The number of fused-ring (bicyclic) bond motifs is 8. The molecular formula is C37H29NOS. The Balaban J connectivity index is 1.29. The topological polar surface area (TPSA) is 33.1 Å². The van der Waals surface area contributed by atoms with E-state index in [2.05, 4.69) is 119 Å². The molecule has 0 spiro atoms. The van der Waals surface area contributed by atoms with E-state index in [4.69, 9.17) is 4.98 Å². The van der Waals surface area contributed by atoms with Gasteiger partial charge in [0.15, 0.2) is 0 Å². The molecule has 3 heteroatoms. The molecule has 2 nitrogen and oxygen atoms in total. The lowest BCUT2D eigenvalue weighted by atomic mass is 9.81. The van der Waals surface area contributed by atoms with Crippen molar-refractivity contribution in [1.29, 1.82) is 0 Å². The summed E-state index contributed by atoms with van der Waals surface area (Å²) in [4.78, 5) is 5.09. The highest BCUT2D eigenvalue weighted by atomic mass is 32.1. The van der Waals surface area contributed by atoms with Gasteiger partial charge in [0.25, 0.3) is 0 Å². The normalized spacial score (nSPS) is 15.5. The Bertz CT molecular complexity index is 2010. The summed E-state index contributed by atoms with van der Waals surface area (Å²) in [6.07, 6.45) is 0. The predicted molar refractivity (Wildman–Crippen MR) is 167 cm³/mol. The second-order valence-corrected chi connectivity index (χ2v) is 13.2. The van der Waals surface area contributed by atoms with E-state index in [1.165, 1.54) is 60.3 Å². The standard InChI is InChI=1S/C37H29NOS/c1-36(2)28-13-9-8-12-23(28)26-19-27(32(39)20-30(26)36)35-38-31-17-16-25-24-15-14-22(21-10-6-5-7-11-21)18-29(24)37(3,4)33(25)34(31)40-35/h5-20,39H,1-4H3. The molecule has 1 heterocycles. The SMILES string of the molecule is CC1(C)c2ccccc2-c2cc(-c3nc4ccc5c(c4s3)C(C)(C)c3cc(-c4ccccc4)ccc3-5)c(O)cc21. The zero-order valence-electron chi connectivity index (χ0n) is 23.0. The first-order valence-electron chi connectivity index (χ1n) is 13.9. The number of thiazole rings is 1. The van der Waals surface area contributed by atoms with Gasteiger partial charge in [0.2, 0.25) is 0 Å². The Kier molecular flexibility index (Phi) is 4.69. The molecule has 2 aliphatic rings. The van der Waals surface area contributed by atoms with Gasteiger partial charge in [-0.1, -0.05) is 100 Å². The molecule has 0 saturated carbocycles. The summed E-state index contributed by atoms with van der Waals surface area (Å²) in [6.45, 7) is 9.13. The van der Waals surface area contributed by atoms with Gasteiger partial charge in [0.1, 0.15) is 10.8 Å². The molecule has 0 aliphatic heterocycles. The van der Waals surface area contributed by atoms with Crippen LogP contribution in [0, 0.1) is 0 Å². The van der Waals surface area contributed by atoms with Gasteiger partial charge >= 0.3 is 0 Å². The quantitative estimate of drug-likeness (QED) is 0.239. The lowest BCUT2D eigenvalue weighted by Gasteiger charge is -2.22. The lowest BCUT2D eigenvalue weighted by molar-refractivity contribution is 0.475. The van der Waals surface area contributed by atoms with Crippen LogP contribution in [0.4, 0.5) is 0 Å². The Morgan fingerprint density at radius 1 is 0.575 bits per heavy atom. The van der Waals surface area contributed by atoms with Crippen molar-refractivity contribution in [1.82, 2.24) is 4.98 Å². The average Bonchev–Trinajstić information content (AvgIpc) is 3.56. The summed E-state index contributed by atoms with van der Waals surface area (Å²) >= 11 is 1.70. The van der Waals surface area contributed by atoms with E-state index in [1.54, 1.807) is 11.3 Å². The fraction of sp³-hybridized carbons (Fsp3) is 0.162. The third kappa shape index (κ3) is 3.07. The van der Waals surface area contributed by atoms with Gasteiger partial charge in [0.05, 0.1) is 15.8 Å². The van der Waals surface area contributed by atoms with Crippen LogP contribution in [0.25, 0.3) is 54.2 Å². The minimum Gasteiger partial charge on any atom is -0.507 e. The third-order valence-corrected chi connectivity index (χ3v) is 10.3. The van der Waals surface area contributed by atoms with Crippen LogP contribution in [0.2, 0.25) is 0 Å². The van der Waals surface area contributed by atoms with Crippen LogP contribution < -0.4 is 0 Å². The molecular weight excluding hydrogens is 506 g/mol. The van der Waals surface area contributed by atoms with E-state index < -0.39 is 0 Å². The molecule has 0 amide bonds. The van der Waals surface area contributed by atoms with Gasteiger partial charge in [-0.25, -0.2) is 4.98 Å². The van der Waals surface area contributed by atoms with Crippen LogP contribution in [0.1, 0.15) is 49.9 Å². The number of rotatable bonds is 2. The Labute approximate surface area is 238 Å². The van der Waals surface area contributed by atoms with Crippen molar-refractivity contribution < 1.29 is 5.11 Å². The van der Waals surface area contributed by atoms with E-state index in [9.17, 15) is 5.11 Å². The molecule has 40 heavy (non-hydrogen) atoms. The number of phenolic OH excluding ortho intramolecular Hbond substituents is 1. The second kappa shape index (κ2) is 7.93. The van der Waals surface area contributed by atoms with Crippen molar-refractivity contribution in [3.05, 3.63) is 119 Å². The maximum atomic E-state index is 11.3. The van der Waals surface area contributed by atoms with Gasteiger partial charge in [-0.3, -0.25) is 0 Å². The first-order chi connectivity index (χ1) is 19.2. The van der Waals surface area contributed by atoms with Crippen LogP contribution in [-0.4, -0.2) is 10.1 Å². The zero-order chi connectivity index (χ0) is 27.4. The maximum absolute atomic E-state index is 11.3. The summed E-state index contributed by atoms with van der Waals surface area (Å²) in [6, 6.07) is 34.6. The minimum absolute atomic E-state index is 0.148. The van der Waals surface area contributed by atoms with E-state index in [0.29, 0.717) is 5.75 Å². The molecule has 0 atom stereocenters. The van der Waals surface area contributed by atoms with Gasteiger partial charge in [0, 0.05) is 10.8 Å². The number of aromatic nitrogens is 1. The number of benzene rings is 5. The fourth-order valence-corrected chi connectivity index (χ4v) is 8.40. The van der Waals surface area contributed by atoms with Gasteiger partial charge in [-0.05, 0) is 79.9 Å². The van der Waals surface area contributed by atoms with Crippen LogP contribution in [-0.2, 0) is 10.8 Å². The predicted octanol–water partition coefficient (Wildman–Crippen LogP) is 9.95. The molecule has 6 aromatic rings. The van der Waals surface area contributed by atoms with Crippen LogP contribution in [0.5, 0.6) is 5.75 Å². The lowest BCUT2D eigenvalue weighted by Crippen LogP contribution is -2.15. The van der Waals surface area contributed by atoms with Gasteiger partial charge in [-0.2, -0.15) is 0 Å². The summed E-state index contributed by atoms with van der Waals surface area (Å²) in [5, 5.41) is 12.2. The highest BCUT2D eigenvalue weighted by Gasteiger charge is 2.39. The van der Waals surface area contributed by atoms with Crippen LogP contribution in [0.15, 0.2) is 97.1 Å². The van der Waals surface area contributed by atoms with Gasteiger partial charge in [-0.15, -0.1) is 11.3 Å². The smallest absolute Gasteiger partial charge is 0.128 e. The maximum Gasteiger partial charge on any atom is 0.128 e. The molecule has 8 rings (SSSR count). The largest absolute Gasteiger partial charge is 0.507 e. The minimum atomic E-state index is -0.165. The van der Waals surface area contributed by atoms with Crippen LogP contribution >= 0.6 is 11.3 Å². The fourth-order valence-electron chi connectivity index (χ4n) is 7.10. The molecule has 5 aromatic carbocycles. The van der Waals surface area contributed by atoms with Gasteiger partial charge < -0.3 is 5.11 Å². The molecule has 1 aromatic heterocycles. The summed E-state index contributed by atoms with van der Waals surface area (Å²) in [5.41, 5.74) is 14.2. The Morgan fingerprint density at radius 2 is 1.27 bits per heavy atom. The third-order valence-electron chi connectivity index (χ3n) is 9.20. The van der Waals surface area contributed by atoms with Crippen molar-refractivity contribution in [2.24, 2.45) is 0 Å². The van der Waals surface area contributed by atoms with E-state index in [-0.39, 0.29) is 10.8 Å². The molecule has 194 valence electrons. The molecule has 0 fully saturated rings. The Morgan fingerprint density at radius 3 is 2.10 bits per heavy atom. The van der Waals surface area contributed by atoms with E-state index >= 15 is 0 Å². The number of hydrogen-bond donors (Lipinski definition) is 1. The molecule has 1 N–H and O–H groups in total. The molecule has 0 saturated heterocycles. The molecule has 0 radical (unpaired) electrons. The van der Waals surface area contributed by atoms with Crippen molar-refractivity contribution >= 4 is 21.6 Å². The Hall–Kier alpha value is -4.21. The molecule has 2 aliphatic carbocycles. The zero-order valence-corrected chi connectivity index (χ0v) is 23.9. The number of hydrogen-bond acceptors (Lipinski definition) is 3. The van der Waals surface area contributed by atoms with E-state index in [1.807, 2.05) is 6.07 Å². The monoisotopic (exact) mass is 535 g/mol. The average molecular weight is 536 g/mol. The summed E-state index contributed by atoms with van der Waals surface area (Å²) in [5.74, 6) is 0.297. The van der Waals surface area contributed by atoms with Crippen molar-refractivity contribution in [3.63, 3.8) is 0 Å². The summed E-state index contributed by atoms with van der Waals surface area (Å²) < 4.78 is 1.20. The molecule has 0 unspecified atom stereocenters. The van der Waals surface area contributed by atoms with Crippen molar-refractivity contribution in [2.75, 3.05) is 0 Å². The first-order valence-corrected chi connectivity index (χ1v) is 14.7. The number of nitrogens with zero attached hydrogens (tertiary/aromatic N) is 1. The highest BCUT2D eigenvalue weighted by Crippen LogP contribution is 2.55. The second-order valence-electron chi connectivity index (χ2n) is 12.2. The summed E-state index contributed by atoms with van der Waals surface area (Å²) in [7, 11) is 0. The van der Waals surface area contributed by atoms with Crippen molar-refractivity contribution in [3.8, 4) is 49.7 Å². The molecule has 0 bridgehead atoms. The van der Waals surface area contributed by atoms with Crippen LogP contribution in [0.3, 0.4) is 0 Å². The highest BCUT2D eigenvalue weighted by molar-refractivity contribution is 7.22. The number of aromatic hydroxyl groups is 1. The van der Waals surface area contributed by atoms with Crippen molar-refractivity contribution in [2.45, 2.75) is 38.5 Å². The first kappa shape index (κ1) is 23.7. The van der Waals surface area contributed by atoms with E-state index in [0.717, 1.165) is 16.1 Å².